The minimum Gasteiger partial charge on any atom is -0.241 e. The molecule has 0 N–H and O–H groups in total. The largest absolute Gasteiger partial charge is 0.241 e. The first-order chi connectivity index (χ1) is 7.88. The highest BCUT2D eigenvalue weighted by Crippen LogP contribution is 2.49. The molecule has 0 aromatic carbocycles. The van der Waals surface area contributed by atoms with Gasteiger partial charge in [0, 0.05) is 34.9 Å². The van der Waals surface area contributed by atoms with Gasteiger partial charge in [-0.3, -0.25) is 0 Å². The van der Waals surface area contributed by atoms with Gasteiger partial charge in [-0.25, -0.2) is 3.11 Å². The highest BCUT2D eigenvalue weighted by molar-refractivity contribution is 14.1. The van der Waals surface area contributed by atoms with Crippen molar-refractivity contribution in [3.05, 3.63) is 0 Å². The lowest BCUT2D eigenvalue weighted by Gasteiger charge is -2.30. The van der Waals surface area contributed by atoms with Gasteiger partial charge >= 0.3 is 0 Å². The van der Waals surface area contributed by atoms with Crippen molar-refractivity contribution in [3.63, 3.8) is 0 Å². The van der Waals surface area contributed by atoms with Crippen LogP contribution in [-0.4, -0.2) is 15.2 Å². The highest BCUT2D eigenvalue weighted by atomic mass is 127. The van der Waals surface area contributed by atoms with Crippen LogP contribution >= 0.6 is 22.9 Å². The lowest BCUT2D eigenvalue weighted by atomic mass is 9.75. The quantitative estimate of drug-likeness (QED) is 0.464. The molecule has 0 spiro atoms. The Bertz CT molecular complexity index is 243. The van der Waals surface area contributed by atoms with E-state index in [1.54, 1.807) is 0 Å². The number of halogens is 1. The maximum absolute atomic E-state index is 2.76. The zero-order valence-electron chi connectivity index (χ0n) is 10.2. The molecular formula is C14H24IN. The van der Waals surface area contributed by atoms with E-state index in [4.69, 9.17) is 0 Å². The number of hydrogen-bond acceptors (Lipinski definition) is 1. The van der Waals surface area contributed by atoms with Crippen LogP contribution in [0.15, 0.2) is 0 Å². The van der Waals surface area contributed by atoms with Crippen molar-refractivity contribution in [2.75, 3.05) is 0 Å². The van der Waals surface area contributed by atoms with Crippen molar-refractivity contribution in [2.24, 2.45) is 11.8 Å². The van der Waals surface area contributed by atoms with Gasteiger partial charge in [0.25, 0.3) is 0 Å². The van der Waals surface area contributed by atoms with Crippen LogP contribution in [0.4, 0.5) is 0 Å². The molecule has 1 saturated heterocycles. The molecular weight excluding hydrogens is 309 g/mol. The highest BCUT2D eigenvalue weighted by Gasteiger charge is 2.47. The van der Waals surface area contributed by atoms with E-state index in [1.165, 1.54) is 64.2 Å². The molecule has 0 aromatic rings. The molecule has 4 unspecified atom stereocenters. The zero-order valence-corrected chi connectivity index (χ0v) is 12.4. The Morgan fingerprint density at radius 3 is 1.69 bits per heavy atom. The molecule has 0 amide bonds. The molecule has 2 saturated carbocycles. The predicted octanol–water partition coefficient (Wildman–Crippen LogP) is 4.55. The molecule has 0 bridgehead atoms. The van der Waals surface area contributed by atoms with Gasteiger partial charge < -0.3 is 0 Å². The fourth-order valence-electron chi connectivity index (χ4n) is 4.49. The van der Waals surface area contributed by atoms with E-state index < -0.39 is 0 Å². The molecule has 3 rings (SSSR count). The van der Waals surface area contributed by atoms with Gasteiger partial charge in [-0.05, 0) is 37.5 Å². The maximum atomic E-state index is 2.76. The van der Waals surface area contributed by atoms with Gasteiger partial charge in [0.2, 0.25) is 0 Å². The second-order valence-electron chi connectivity index (χ2n) is 6.08. The minimum absolute atomic E-state index is 0.939. The summed E-state index contributed by atoms with van der Waals surface area (Å²) in [6, 6.07) is 1.89. The smallest absolute Gasteiger partial charge is 0.0228 e. The van der Waals surface area contributed by atoms with Gasteiger partial charge in [0.15, 0.2) is 0 Å². The molecule has 2 aliphatic carbocycles. The van der Waals surface area contributed by atoms with Crippen LogP contribution in [-0.2, 0) is 0 Å². The first-order valence-electron chi connectivity index (χ1n) is 7.32. The van der Waals surface area contributed by atoms with Crippen LogP contribution in [0, 0.1) is 11.8 Å². The SMILES string of the molecule is IN1C2CCCCCCC2C2CCCCC21. The third-order valence-corrected chi connectivity index (χ3v) is 6.68. The summed E-state index contributed by atoms with van der Waals surface area (Å²) in [6.07, 6.45) is 15.0. The van der Waals surface area contributed by atoms with Crippen LogP contribution in [0.2, 0.25) is 0 Å². The van der Waals surface area contributed by atoms with Crippen molar-refractivity contribution in [1.29, 1.82) is 0 Å². The lowest BCUT2D eigenvalue weighted by molar-refractivity contribution is 0.240. The summed E-state index contributed by atoms with van der Waals surface area (Å²) in [6.45, 7) is 0. The van der Waals surface area contributed by atoms with Crippen molar-refractivity contribution in [3.8, 4) is 0 Å². The Balaban J connectivity index is 1.78. The van der Waals surface area contributed by atoms with Crippen molar-refractivity contribution < 1.29 is 0 Å². The van der Waals surface area contributed by atoms with Crippen LogP contribution < -0.4 is 0 Å². The lowest BCUT2D eigenvalue weighted by Crippen LogP contribution is -2.30. The first-order valence-corrected chi connectivity index (χ1v) is 8.28. The molecule has 16 heavy (non-hydrogen) atoms. The van der Waals surface area contributed by atoms with E-state index >= 15 is 0 Å². The number of rotatable bonds is 0. The molecule has 1 heterocycles. The van der Waals surface area contributed by atoms with Crippen molar-refractivity contribution in [2.45, 2.75) is 76.3 Å². The average Bonchev–Trinajstić information content (AvgIpc) is 2.52. The molecule has 1 nitrogen and oxygen atoms in total. The molecule has 1 aliphatic heterocycles. The van der Waals surface area contributed by atoms with Crippen LogP contribution in [0.5, 0.6) is 0 Å². The van der Waals surface area contributed by atoms with Gasteiger partial charge in [-0.15, -0.1) is 0 Å². The van der Waals surface area contributed by atoms with Gasteiger partial charge in [0.1, 0.15) is 0 Å². The summed E-state index contributed by atoms with van der Waals surface area (Å²) in [5.74, 6) is 2.12. The van der Waals surface area contributed by atoms with Crippen molar-refractivity contribution >= 4 is 22.9 Å². The van der Waals surface area contributed by atoms with E-state index in [2.05, 4.69) is 26.0 Å². The van der Waals surface area contributed by atoms with E-state index in [0.29, 0.717) is 0 Å². The third kappa shape index (κ3) is 2.05. The zero-order chi connectivity index (χ0) is 11.0. The fourth-order valence-corrected chi connectivity index (χ4v) is 5.87. The molecule has 92 valence electrons. The Kier molecular flexibility index (Phi) is 3.77. The molecule has 0 aromatic heterocycles. The van der Waals surface area contributed by atoms with Crippen LogP contribution in [0.3, 0.4) is 0 Å². The molecule has 3 aliphatic rings. The number of fused-ring (bicyclic) bond motifs is 3. The monoisotopic (exact) mass is 333 g/mol. The number of nitrogens with zero attached hydrogens (tertiary/aromatic N) is 1. The standard InChI is InChI=1S/C14H24IN/c15-16-13-9-4-2-1-3-7-11(13)12-8-5-6-10-14(12)16/h11-14H,1-10H2. The Morgan fingerprint density at radius 2 is 1.06 bits per heavy atom. The van der Waals surface area contributed by atoms with E-state index in [-0.39, 0.29) is 0 Å². The minimum atomic E-state index is 0.939. The first kappa shape index (κ1) is 11.8. The Morgan fingerprint density at radius 1 is 0.625 bits per heavy atom. The van der Waals surface area contributed by atoms with Crippen LogP contribution in [0.1, 0.15) is 64.2 Å². The summed E-state index contributed by atoms with van der Waals surface area (Å²) in [4.78, 5) is 0. The molecule has 3 fully saturated rings. The normalized spacial score (nSPS) is 45.6. The molecule has 4 atom stereocenters. The maximum Gasteiger partial charge on any atom is 0.0228 e. The molecule has 2 heteroatoms. The number of hydrogen-bond donors (Lipinski definition) is 0. The molecule has 0 radical (unpaired) electrons. The van der Waals surface area contributed by atoms with E-state index in [9.17, 15) is 0 Å². The Hall–Kier alpha value is 0.690. The van der Waals surface area contributed by atoms with Crippen LogP contribution in [0.25, 0.3) is 0 Å². The average molecular weight is 333 g/mol. The summed E-state index contributed by atoms with van der Waals surface area (Å²) < 4.78 is 2.76. The topological polar surface area (TPSA) is 3.24 Å². The third-order valence-electron chi connectivity index (χ3n) is 5.25. The summed E-state index contributed by atoms with van der Waals surface area (Å²) in [5, 5.41) is 0. The van der Waals surface area contributed by atoms with Gasteiger partial charge in [-0.2, -0.15) is 0 Å². The fraction of sp³-hybridized carbons (Fsp3) is 1.00. The van der Waals surface area contributed by atoms with Crippen molar-refractivity contribution in [1.82, 2.24) is 3.11 Å². The summed E-state index contributed by atoms with van der Waals surface area (Å²) >= 11 is 2.66. The van der Waals surface area contributed by atoms with E-state index in [1.807, 2.05) is 0 Å². The summed E-state index contributed by atoms with van der Waals surface area (Å²) in [5.41, 5.74) is 0. The Labute approximate surface area is 114 Å². The van der Waals surface area contributed by atoms with Gasteiger partial charge in [-0.1, -0.05) is 38.5 Å². The summed E-state index contributed by atoms with van der Waals surface area (Å²) in [7, 11) is 0. The second-order valence-corrected chi connectivity index (χ2v) is 7.20. The van der Waals surface area contributed by atoms with E-state index in [0.717, 1.165) is 23.9 Å². The van der Waals surface area contributed by atoms with Gasteiger partial charge in [0.05, 0.1) is 0 Å². The predicted molar refractivity (Wildman–Crippen MR) is 76.6 cm³/mol. The second kappa shape index (κ2) is 5.13.